The van der Waals surface area contributed by atoms with Crippen LogP contribution in [0.3, 0.4) is 0 Å². The molecule has 2 saturated carbocycles. The van der Waals surface area contributed by atoms with Gasteiger partial charge in [-0.3, -0.25) is 4.79 Å². The first-order valence-corrected chi connectivity index (χ1v) is 8.14. The van der Waals surface area contributed by atoms with E-state index in [2.05, 4.69) is 24.1 Å². The second kappa shape index (κ2) is 4.58. The van der Waals surface area contributed by atoms with Gasteiger partial charge in [0.25, 0.3) is 0 Å². The Labute approximate surface area is 118 Å². The molecule has 0 saturated heterocycles. The van der Waals surface area contributed by atoms with Crippen LogP contribution in [0.4, 0.5) is 5.13 Å². The predicted octanol–water partition coefficient (Wildman–Crippen LogP) is 4.08. The maximum atomic E-state index is 12.7. The van der Waals surface area contributed by atoms with Gasteiger partial charge in [-0.25, -0.2) is 4.98 Å². The van der Waals surface area contributed by atoms with Crippen molar-refractivity contribution in [3.05, 3.63) is 11.6 Å². The van der Waals surface area contributed by atoms with Crippen LogP contribution in [-0.2, 0) is 4.79 Å². The minimum absolute atomic E-state index is 0.126. The average Bonchev–Trinajstić information content (AvgIpc) is 2.99. The molecule has 0 aliphatic heterocycles. The molecular formula is C15H22N2OS. The Morgan fingerprint density at radius 1 is 1.58 bits per heavy atom. The second-order valence-corrected chi connectivity index (χ2v) is 7.62. The maximum absolute atomic E-state index is 12.7. The Morgan fingerprint density at radius 3 is 3.11 bits per heavy atom. The molecule has 2 aliphatic carbocycles. The van der Waals surface area contributed by atoms with Crippen molar-refractivity contribution in [3.63, 3.8) is 0 Å². The number of anilines is 1. The van der Waals surface area contributed by atoms with Crippen molar-refractivity contribution in [3.8, 4) is 0 Å². The third kappa shape index (κ3) is 2.31. The van der Waals surface area contributed by atoms with E-state index in [9.17, 15) is 4.79 Å². The van der Waals surface area contributed by atoms with Crippen LogP contribution < -0.4 is 5.32 Å². The molecule has 0 aromatic carbocycles. The molecule has 0 spiro atoms. The summed E-state index contributed by atoms with van der Waals surface area (Å²) in [6.45, 7) is 4.62. The fourth-order valence-electron chi connectivity index (χ4n) is 4.23. The number of fused-ring (bicyclic) bond motifs is 2. The zero-order valence-electron chi connectivity index (χ0n) is 11.7. The van der Waals surface area contributed by atoms with Crippen molar-refractivity contribution in [1.29, 1.82) is 0 Å². The Bertz CT molecular complexity index is 472. The van der Waals surface area contributed by atoms with E-state index in [4.69, 9.17) is 0 Å². The summed E-state index contributed by atoms with van der Waals surface area (Å²) in [5.74, 6) is 0.963. The highest BCUT2D eigenvalue weighted by molar-refractivity contribution is 7.13. The number of aromatic nitrogens is 1. The number of nitrogens with one attached hydrogen (secondary N) is 1. The third-order valence-corrected chi connectivity index (χ3v) is 5.93. The highest BCUT2D eigenvalue weighted by Crippen LogP contribution is 2.59. The summed E-state index contributed by atoms with van der Waals surface area (Å²) < 4.78 is 0. The van der Waals surface area contributed by atoms with Crippen LogP contribution in [0.2, 0.25) is 0 Å². The molecule has 2 fully saturated rings. The first kappa shape index (κ1) is 13.1. The SMILES string of the molecule is CCC1(C)CC2CCC(C(=O)Nc3nccs3)(C2)C1. The van der Waals surface area contributed by atoms with Crippen molar-refractivity contribution < 1.29 is 4.79 Å². The normalized spacial score (nSPS) is 37.3. The topological polar surface area (TPSA) is 42.0 Å². The Kier molecular flexibility index (Phi) is 3.16. The molecule has 3 atom stereocenters. The fourth-order valence-corrected chi connectivity index (χ4v) is 4.75. The molecular weight excluding hydrogens is 256 g/mol. The number of carbonyl (C=O) groups is 1. The molecule has 19 heavy (non-hydrogen) atoms. The molecule has 0 radical (unpaired) electrons. The summed E-state index contributed by atoms with van der Waals surface area (Å²) in [6, 6.07) is 0. The molecule has 1 N–H and O–H groups in total. The van der Waals surface area contributed by atoms with Crippen LogP contribution in [0.1, 0.15) is 52.4 Å². The van der Waals surface area contributed by atoms with E-state index < -0.39 is 0 Å². The zero-order valence-corrected chi connectivity index (χ0v) is 12.6. The molecule has 1 aromatic heterocycles. The first-order chi connectivity index (χ1) is 9.05. The van der Waals surface area contributed by atoms with Gasteiger partial charge in [-0.1, -0.05) is 20.3 Å². The van der Waals surface area contributed by atoms with Crippen molar-refractivity contribution in [2.45, 2.75) is 52.4 Å². The largest absolute Gasteiger partial charge is 0.301 e. The van der Waals surface area contributed by atoms with Crippen molar-refractivity contribution in [1.82, 2.24) is 4.98 Å². The molecule has 3 nitrogen and oxygen atoms in total. The highest BCUT2D eigenvalue weighted by atomic mass is 32.1. The van der Waals surface area contributed by atoms with E-state index in [-0.39, 0.29) is 11.3 Å². The van der Waals surface area contributed by atoms with Crippen molar-refractivity contribution >= 4 is 22.4 Å². The van der Waals surface area contributed by atoms with Gasteiger partial charge in [-0.15, -0.1) is 11.3 Å². The molecule has 1 heterocycles. The van der Waals surface area contributed by atoms with Gasteiger partial charge in [0.2, 0.25) is 5.91 Å². The standard InChI is InChI=1S/C15H22N2OS/c1-3-14(2)8-11-4-5-15(9-11,10-14)12(18)17-13-16-6-7-19-13/h6-7,11H,3-5,8-10H2,1-2H3,(H,16,17,18). The van der Waals surface area contributed by atoms with Crippen molar-refractivity contribution in [2.24, 2.45) is 16.7 Å². The lowest BCUT2D eigenvalue weighted by Gasteiger charge is -2.43. The molecule has 3 rings (SSSR count). The number of hydrogen-bond acceptors (Lipinski definition) is 3. The van der Waals surface area contributed by atoms with E-state index >= 15 is 0 Å². The Morgan fingerprint density at radius 2 is 2.42 bits per heavy atom. The van der Waals surface area contributed by atoms with E-state index in [1.165, 1.54) is 30.6 Å². The lowest BCUT2D eigenvalue weighted by atomic mass is 9.62. The number of thiazole rings is 1. The Hall–Kier alpha value is -0.900. The van der Waals surface area contributed by atoms with Crippen LogP contribution in [0.5, 0.6) is 0 Å². The number of hydrogen-bond donors (Lipinski definition) is 1. The number of amides is 1. The highest BCUT2D eigenvalue weighted by Gasteiger charge is 2.53. The van der Waals surface area contributed by atoms with Gasteiger partial charge in [0.15, 0.2) is 5.13 Å². The van der Waals surface area contributed by atoms with E-state index in [1.807, 2.05) is 5.38 Å². The van der Waals surface area contributed by atoms with E-state index in [0.29, 0.717) is 5.41 Å². The lowest BCUT2D eigenvalue weighted by Crippen LogP contribution is -2.41. The summed E-state index contributed by atoms with van der Waals surface area (Å²) >= 11 is 1.50. The van der Waals surface area contributed by atoms with Crippen LogP contribution in [-0.4, -0.2) is 10.9 Å². The van der Waals surface area contributed by atoms with Gasteiger partial charge < -0.3 is 5.32 Å². The quantitative estimate of drug-likeness (QED) is 0.905. The number of nitrogens with zero attached hydrogens (tertiary/aromatic N) is 1. The van der Waals surface area contributed by atoms with Crippen molar-refractivity contribution in [2.75, 3.05) is 5.32 Å². The lowest BCUT2D eigenvalue weighted by molar-refractivity contribution is -0.129. The molecule has 2 bridgehead atoms. The molecule has 4 heteroatoms. The van der Waals surface area contributed by atoms with Gasteiger partial charge in [0.05, 0.1) is 5.41 Å². The average molecular weight is 278 g/mol. The molecule has 1 aromatic rings. The summed E-state index contributed by atoms with van der Waals surface area (Å²) in [7, 11) is 0. The monoisotopic (exact) mass is 278 g/mol. The minimum Gasteiger partial charge on any atom is -0.301 e. The van der Waals surface area contributed by atoms with Gasteiger partial charge >= 0.3 is 0 Å². The maximum Gasteiger partial charge on any atom is 0.232 e. The van der Waals surface area contributed by atoms with E-state index in [0.717, 1.165) is 30.3 Å². The van der Waals surface area contributed by atoms with Gasteiger partial charge in [0, 0.05) is 11.6 Å². The summed E-state index contributed by atoms with van der Waals surface area (Å²) in [5.41, 5.74) is 0.221. The second-order valence-electron chi connectivity index (χ2n) is 6.73. The van der Waals surface area contributed by atoms with Gasteiger partial charge in [-0.2, -0.15) is 0 Å². The predicted molar refractivity (Wildman–Crippen MR) is 78.1 cm³/mol. The third-order valence-electron chi connectivity index (χ3n) is 5.25. The van der Waals surface area contributed by atoms with Crippen LogP contribution in [0.15, 0.2) is 11.6 Å². The van der Waals surface area contributed by atoms with Crippen LogP contribution in [0.25, 0.3) is 0 Å². The van der Waals surface area contributed by atoms with Gasteiger partial charge in [0.1, 0.15) is 0 Å². The molecule has 1 amide bonds. The summed E-state index contributed by atoms with van der Waals surface area (Å²) in [6.07, 6.45) is 8.63. The smallest absolute Gasteiger partial charge is 0.232 e. The summed E-state index contributed by atoms with van der Waals surface area (Å²) in [4.78, 5) is 16.9. The van der Waals surface area contributed by atoms with Crippen LogP contribution in [0, 0.1) is 16.7 Å². The molecule has 3 unspecified atom stereocenters. The molecule has 2 aliphatic rings. The number of rotatable bonds is 3. The fraction of sp³-hybridized carbons (Fsp3) is 0.733. The molecule has 104 valence electrons. The number of carbonyl (C=O) groups excluding carboxylic acids is 1. The Balaban J connectivity index is 1.80. The van der Waals surface area contributed by atoms with E-state index in [1.54, 1.807) is 6.20 Å². The van der Waals surface area contributed by atoms with Crippen LogP contribution >= 0.6 is 11.3 Å². The minimum atomic E-state index is -0.126. The zero-order chi connectivity index (χ0) is 13.5. The van der Waals surface area contributed by atoms with Gasteiger partial charge in [-0.05, 0) is 43.4 Å². The summed E-state index contributed by atoms with van der Waals surface area (Å²) in [5, 5.41) is 5.69. The first-order valence-electron chi connectivity index (χ1n) is 7.26.